The number of likely N-dealkylation sites (tertiary alicyclic amines) is 3. The third kappa shape index (κ3) is 21.7. The number of amides is 4. The molecule has 6 aromatic carbocycles. The Labute approximate surface area is 787 Å². The molecule has 9 aliphatic heterocycles. The Balaban J connectivity index is 0.000000146. The van der Waals surface area contributed by atoms with Crippen LogP contribution in [0.4, 0.5) is 34.5 Å². The number of benzene rings is 6. The lowest BCUT2D eigenvalue weighted by atomic mass is 10.0. The molecular formula is C104H127N23O7. The molecule has 0 N–H and O–H groups in total. The highest BCUT2D eigenvalue weighted by Crippen LogP contribution is 2.41. The molecule has 134 heavy (non-hydrogen) atoms. The quantitative estimate of drug-likeness (QED) is 0.0432. The monoisotopic (exact) mass is 1810 g/mol. The van der Waals surface area contributed by atoms with Crippen LogP contribution in [0.3, 0.4) is 0 Å². The van der Waals surface area contributed by atoms with E-state index in [-0.39, 0.29) is 67.1 Å². The molecule has 30 nitrogen and oxygen atoms in total. The zero-order chi connectivity index (χ0) is 93.3. The fraction of sp³-hybridized carbons (Fsp3) is 0.471. The lowest BCUT2D eigenvalue weighted by molar-refractivity contribution is -0.130. The number of nitrogens with zero attached hydrogens (tertiary/aromatic N) is 23. The van der Waals surface area contributed by atoms with Crippen molar-refractivity contribution in [2.75, 3.05) is 202 Å². The molecule has 0 saturated carbocycles. The molecule has 3 aromatic heterocycles. The summed E-state index contributed by atoms with van der Waals surface area (Å²) in [6, 6.07) is 52.9. The number of rotatable bonds is 27. The van der Waals surface area contributed by atoms with Crippen LogP contribution < -0.4 is 43.6 Å². The number of carbonyl (C=O) groups is 4. The van der Waals surface area contributed by atoms with Gasteiger partial charge in [-0.3, -0.25) is 33.9 Å². The Bertz CT molecular complexity index is 5850. The Hall–Kier alpha value is -13.1. The summed E-state index contributed by atoms with van der Waals surface area (Å²) in [6.45, 7) is 28.8. The van der Waals surface area contributed by atoms with Crippen LogP contribution in [0.5, 0.6) is 18.0 Å². The smallest absolute Gasteiger partial charge is 0.318 e. The number of aromatic nitrogens is 6. The second kappa shape index (κ2) is 44.2. The minimum absolute atomic E-state index is 0.0433. The highest BCUT2D eigenvalue weighted by molar-refractivity contribution is 5.97. The fourth-order valence-corrected chi connectivity index (χ4v) is 20.9. The van der Waals surface area contributed by atoms with Gasteiger partial charge in [-0.25, -0.2) is 0 Å². The Morgan fingerprint density at radius 3 is 1.08 bits per heavy atom. The van der Waals surface area contributed by atoms with Crippen molar-refractivity contribution in [3.05, 3.63) is 199 Å². The summed E-state index contributed by atoms with van der Waals surface area (Å²) < 4.78 is 19.1. The number of nitriles is 3. The van der Waals surface area contributed by atoms with E-state index in [0.717, 1.165) is 149 Å². The first kappa shape index (κ1) is 94.2. The molecule has 6 saturated heterocycles. The minimum atomic E-state index is -0.267. The number of fused-ring (bicyclic) bond motifs is 6. The van der Waals surface area contributed by atoms with Gasteiger partial charge in [0, 0.05) is 173 Å². The molecule has 6 fully saturated rings. The van der Waals surface area contributed by atoms with Gasteiger partial charge in [-0.1, -0.05) is 142 Å². The molecule has 9 aliphatic rings. The maximum atomic E-state index is 13.2. The number of likely N-dealkylation sites (N-methyl/N-ethyl adjacent to an activating group) is 4. The Kier molecular flexibility index (Phi) is 31.1. The largest absolute Gasteiger partial charge is 0.462 e. The molecule has 0 radical (unpaired) electrons. The molecule has 0 aliphatic carbocycles. The third-order valence-electron chi connectivity index (χ3n) is 28.0. The van der Waals surface area contributed by atoms with Gasteiger partial charge in [0.05, 0.1) is 98.9 Å². The van der Waals surface area contributed by atoms with Crippen LogP contribution in [0.2, 0.25) is 0 Å². The van der Waals surface area contributed by atoms with Crippen molar-refractivity contribution in [1.29, 1.82) is 15.8 Å². The van der Waals surface area contributed by atoms with E-state index in [1.54, 1.807) is 34.9 Å². The summed E-state index contributed by atoms with van der Waals surface area (Å²) in [5, 5.41) is 36.1. The first-order valence-electron chi connectivity index (χ1n) is 47.9. The molecule has 12 heterocycles. The lowest BCUT2D eigenvalue weighted by Crippen LogP contribution is -2.55. The molecule has 0 bridgehead atoms. The number of hydrogen-bond donors (Lipinski definition) is 0. The Morgan fingerprint density at radius 1 is 0.410 bits per heavy atom. The summed E-state index contributed by atoms with van der Waals surface area (Å²) in [4.78, 5) is 111. The fourth-order valence-electron chi connectivity index (χ4n) is 20.9. The predicted molar refractivity (Wildman–Crippen MR) is 524 cm³/mol. The SMILES string of the molecule is C=CC(=O)N1CCN(c2nc(OC[C@@H]3CCCN3CC(=O)N(C)C)nc3c2CCN(c2cccc4ccccc24)C3)C[C@@H]1CC#N.C=CC(=O)N1CCN(c2nc(OC[C@@H]3CCCN3CC)nc3c2CCN(c2cccc4ccccc24)C3)C[C@@H]1CC#N.CCN1CCC[C@H]1COc1nc2c(c(N3CCN(C(=O)/C=C/CN(C)C)[C@@H](CC#N)C3)n1)CCN(c1cccc3ccccc13)C2. The van der Waals surface area contributed by atoms with Crippen molar-refractivity contribution in [3.63, 3.8) is 0 Å². The highest BCUT2D eigenvalue weighted by atomic mass is 16.5. The van der Waals surface area contributed by atoms with Crippen molar-refractivity contribution in [2.24, 2.45) is 0 Å². The van der Waals surface area contributed by atoms with Crippen molar-refractivity contribution >= 4 is 90.5 Å². The molecule has 18 rings (SSSR count). The predicted octanol–water partition coefficient (Wildman–Crippen LogP) is 11.5. The molecule has 0 spiro atoms. The van der Waals surface area contributed by atoms with Crippen molar-refractivity contribution in [3.8, 4) is 36.2 Å². The highest BCUT2D eigenvalue weighted by Gasteiger charge is 2.40. The van der Waals surface area contributed by atoms with Gasteiger partial charge in [-0.05, 0) is 151 Å². The molecule has 30 heteroatoms. The van der Waals surface area contributed by atoms with Crippen molar-refractivity contribution in [2.45, 2.75) is 147 Å². The van der Waals surface area contributed by atoms with Gasteiger partial charge in [0.15, 0.2) is 0 Å². The van der Waals surface area contributed by atoms with Gasteiger partial charge >= 0.3 is 18.0 Å². The van der Waals surface area contributed by atoms with Crippen LogP contribution >= 0.6 is 0 Å². The summed E-state index contributed by atoms with van der Waals surface area (Å²) in [5.41, 5.74) is 9.83. The van der Waals surface area contributed by atoms with Crippen molar-refractivity contribution < 1.29 is 33.4 Å². The number of hydrogen-bond acceptors (Lipinski definition) is 26. The van der Waals surface area contributed by atoms with E-state index in [0.29, 0.717) is 142 Å². The van der Waals surface area contributed by atoms with Crippen LogP contribution in [0.25, 0.3) is 32.3 Å². The molecule has 0 unspecified atom stereocenters. The van der Waals surface area contributed by atoms with Crippen LogP contribution in [0, 0.1) is 34.0 Å². The average Bonchev–Trinajstić information content (AvgIpc) is 1.19. The molecule has 700 valence electrons. The van der Waals surface area contributed by atoms with E-state index in [4.69, 9.17) is 44.1 Å². The number of anilines is 6. The van der Waals surface area contributed by atoms with Gasteiger partial charge in [-0.2, -0.15) is 45.7 Å². The van der Waals surface area contributed by atoms with Gasteiger partial charge in [0.1, 0.15) is 37.3 Å². The standard InChI is InChI=1S/C36H46N8O2.C35H42N8O3.C33H39N7O2/c1-4-41-20-8-12-29(41)26-46-36-38-32-25-42(33-14-7-11-27-10-5-6-13-30(27)33)21-17-31(32)35(39-36)43-22-23-44(28(24-43)16-18-37)34(45)15-9-19-40(2)3;1-4-32(44)43-20-19-42(21-26(43)14-16-36)34-29-15-18-41(31-13-7-10-25-9-5-6-12-28(25)31)22-30(29)37-35(38-34)46-24-27-11-8-17-40(27)23-33(45)39(2)3;1-3-31(41)40-20-19-39(21-25(40)14-16-34)32-28-15-18-38(30-13-7-10-24-9-5-6-12-27(24)30)22-29(28)35-33(36-32)42-23-26-11-8-17-37(26)4-2/h5-7,9-11,13-15,28-29H,4,8,12,16-17,19-26H2,1-3H3;4-7,9-10,12-13,26-27H,1,8,11,14-15,17-24H2,2-3H3;3,5-7,9-10,12-13,25-26H,1,4,8,11,14-15,17-23H2,2H3/b15-9+;;/t28-,29-;26-,27-;25-,26-/m000/s1. The van der Waals surface area contributed by atoms with E-state index >= 15 is 0 Å². The minimum Gasteiger partial charge on any atom is -0.462 e. The van der Waals surface area contributed by atoms with Crippen LogP contribution in [-0.2, 0) is 58.1 Å². The number of ether oxygens (including phenoxy) is 3. The maximum absolute atomic E-state index is 13.2. The van der Waals surface area contributed by atoms with Gasteiger partial charge in [-0.15, -0.1) is 0 Å². The van der Waals surface area contributed by atoms with E-state index < -0.39 is 0 Å². The third-order valence-corrected chi connectivity index (χ3v) is 28.0. The Morgan fingerprint density at radius 2 is 0.746 bits per heavy atom. The number of carbonyl (C=O) groups excluding carboxylic acids is 4. The number of piperazine rings is 3. The zero-order valence-corrected chi connectivity index (χ0v) is 78.6. The first-order valence-corrected chi connectivity index (χ1v) is 47.9. The van der Waals surface area contributed by atoms with Crippen molar-refractivity contribution in [1.82, 2.24) is 69.1 Å². The van der Waals surface area contributed by atoms with Crippen LogP contribution in [-0.4, -0.2) is 301 Å². The zero-order valence-electron chi connectivity index (χ0n) is 78.6. The van der Waals surface area contributed by atoms with Gasteiger partial charge in [0.25, 0.3) is 0 Å². The lowest BCUT2D eigenvalue weighted by Gasteiger charge is -2.42. The molecule has 9 aromatic rings. The summed E-state index contributed by atoms with van der Waals surface area (Å²) >= 11 is 0. The second-order valence-electron chi connectivity index (χ2n) is 36.7. The molecular weight excluding hydrogens is 1680 g/mol. The summed E-state index contributed by atoms with van der Waals surface area (Å²) in [6.07, 6.45) is 15.9. The average molecular weight is 1810 g/mol. The van der Waals surface area contributed by atoms with Crippen LogP contribution in [0.15, 0.2) is 165 Å². The maximum Gasteiger partial charge on any atom is 0.318 e. The summed E-state index contributed by atoms with van der Waals surface area (Å²) in [5.74, 6) is 2.32. The van der Waals surface area contributed by atoms with E-state index in [1.165, 1.54) is 74.4 Å². The second-order valence-corrected chi connectivity index (χ2v) is 36.7. The van der Waals surface area contributed by atoms with E-state index in [9.17, 15) is 35.0 Å². The van der Waals surface area contributed by atoms with E-state index in [1.807, 2.05) is 30.0 Å². The van der Waals surface area contributed by atoms with Gasteiger partial charge < -0.3 is 68.1 Å². The normalized spacial score (nSPS) is 20.4. The first-order chi connectivity index (χ1) is 65.4. The molecule has 6 atom stereocenters. The molecule has 4 amide bonds. The topological polar surface area (TPSA) is 290 Å². The summed E-state index contributed by atoms with van der Waals surface area (Å²) in [7, 11) is 7.51. The van der Waals surface area contributed by atoms with E-state index in [2.05, 4.69) is 217 Å². The van der Waals surface area contributed by atoms with Gasteiger partial charge in [0.2, 0.25) is 23.6 Å². The van der Waals surface area contributed by atoms with Crippen LogP contribution in [0.1, 0.15) is 105 Å².